The molecule has 122 valence electrons. The van der Waals surface area contributed by atoms with Crippen molar-refractivity contribution < 1.29 is 18.7 Å². The van der Waals surface area contributed by atoms with Crippen LogP contribution in [0.3, 0.4) is 0 Å². The van der Waals surface area contributed by atoms with E-state index in [-0.39, 0.29) is 6.61 Å². The van der Waals surface area contributed by atoms with Crippen molar-refractivity contribution in [2.45, 2.75) is 32.4 Å². The first-order chi connectivity index (χ1) is 10.6. The zero-order valence-corrected chi connectivity index (χ0v) is 13.0. The maximum Gasteiger partial charge on any atom is 0.412 e. The van der Waals surface area contributed by atoms with Crippen molar-refractivity contribution in [3.05, 3.63) is 22.5 Å². The minimum absolute atomic E-state index is 0.242. The lowest BCUT2D eigenvalue weighted by molar-refractivity contribution is 0.0630. The van der Waals surface area contributed by atoms with Crippen LogP contribution in [0.15, 0.2) is 11.0 Å². The van der Waals surface area contributed by atoms with Gasteiger partial charge in [-0.05, 0) is 6.42 Å². The first kappa shape index (κ1) is 16.8. The molecule has 1 amide bonds. The second kappa shape index (κ2) is 8.14. The third-order valence-electron chi connectivity index (χ3n) is 3.02. The minimum atomic E-state index is -0.827. The summed E-state index contributed by atoms with van der Waals surface area (Å²) in [5, 5.41) is 2.14. The molecular weight excluding hydrogens is 313 g/mol. The van der Waals surface area contributed by atoms with Crippen LogP contribution in [0.2, 0.25) is 0 Å². The fourth-order valence-corrected chi connectivity index (χ4v) is 2.68. The highest BCUT2D eigenvalue weighted by Gasteiger charge is 2.21. The molecule has 1 saturated heterocycles. The maximum absolute atomic E-state index is 13.9. The summed E-state index contributed by atoms with van der Waals surface area (Å²) in [5.41, 5.74) is -0.685. The number of ether oxygens (including phenoxy) is 2. The molecule has 0 spiro atoms. The van der Waals surface area contributed by atoms with Crippen molar-refractivity contribution in [3.8, 4) is 0 Å². The molecule has 7 nitrogen and oxygen atoms in total. The highest BCUT2D eigenvalue weighted by molar-refractivity contribution is 7.99. The second-order valence-electron chi connectivity index (χ2n) is 4.71. The molecule has 9 heteroatoms. The maximum atomic E-state index is 13.9. The minimum Gasteiger partial charge on any atom is -0.449 e. The predicted molar refractivity (Wildman–Crippen MR) is 80.4 cm³/mol. The van der Waals surface area contributed by atoms with Crippen molar-refractivity contribution in [2.75, 3.05) is 23.6 Å². The third kappa shape index (κ3) is 4.44. The van der Waals surface area contributed by atoms with Crippen LogP contribution in [0, 0.1) is 5.82 Å². The van der Waals surface area contributed by atoms with Gasteiger partial charge in [0.05, 0.1) is 18.7 Å². The van der Waals surface area contributed by atoms with Gasteiger partial charge in [-0.25, -0.2) is 14.0 Å². The number of nitrogens with one attached hydrogen (secondary N) is 1. The summed E-state index contributed by atoms with van der Waals surface area (Å²) in [4.78, 5) is 26.9. The SMILES string of the molecule is CCCCCOC(=O)Nc1nc(=O)n([C@@H]2CSCO2)cc1F. The molecule has 0 radical (unpaired) electrons. The highest BCUT2D eigenvalue weighted by atomic mass is 32.2. The van der Waals surface area contributed by atoms with Gasteiger partial charge in [-0.1, -0.05) is 19.8 Å². The van der Waals surface area contributed by atoms with E-state index in [1.165, 1.54) is 11.8 Å². The smallest absolute Gasteiger partial charge is 0.412 e. The van der Waals surface area contributed by atoms with Crippen molar-refractivity contribution in [1.29, 1.82) is 0 Å². The lowest BCUT2D eigenvalue weighted by atomic mass is 10.3. The number of halogens is 1. The third-order valence-corrected chi connectivity index (χ3v) is 3.85. The summed E-state index contributed by atoms with van der Waals surface area (Å²) in [5.74, 6) is -0.256. The largest absolute Gasteiger partial charge is 0.449 e. The van der Waals surface area contributed by atoms with Gasteiger partial charge in [0.25, 0.3) is 0 Å². The van der Waals surface area contributed by atoms with E-state index in [1.807, 2.05) is 6.92 Å². The molecule has 2 rings (SSSR count). The Labute approximate surface area is 131 Å². The fourth-order valence-electron chi connectivity index (χ4n) is 1.87. The molecule has 2 heterocycles. The number of anilines is 1. The number of hydrogen-bond donors (Lipinski definition) is 1. The molecule has 1 aliphatic heterocycles. The van der Waals surface area contributed by atoms with Crippen molar-refractivity contribution in [3.63, 3.8) is 0 Å². The van der Waals surface area contributed by atoms with Gasteiger partial charge in [0.15, 0.2) is 11.6 Å². The van der Waals surface area contributed by atoms with Crippen LogP contribution < -0.4 is 11.0 Å². The van der Waals surface area contributed by atoms with E-state index >= 15 is 0 Å². The number of thioether (sulfide) groups is 1. The lowest BCUT2D eigenvalue weighted by Gasteiger charge is -2.13. The Hall–Kier alpha value is -1.61. The average Bonchev–Trinajstić information content (AvgIpc) is 3.01. The predicted octanol–water partition coefficient (Wildman–Crippen LogP) is 2.34. The number of hydrogen-bond acceptors (Lipinski definition) is 6. The zero-order valence-electron chi connectivity index (χ0n) is 12.2. The molecule has 0 saturated carbocycles. The summed E-state index contributed by atoms with van der Waals surface area (Å²) in [6, 6.07) is 0. The van der Waals surface area contributed by atoms with Crippen LogP contribution in [0.4, 0.5) is 15.0 Å². The number of rotatable bonds is 6. The Kier molecular flexibility index (Phi) is 6.20. The highest BCUT2D eigenvalue weighted by Crippen LogP contribution is 2.24. The van der Waals surface area contributed by atoms with Crippen LogP contribution in [0.1, 0.15) is 32.4 Å². The summed E-state index contributed by atoms with van der Waals surface area (Å²) in [6.45, 7) is 2.27. The van der Waals surface area contributed by atoms with Crippen LogP contribution in [0.25, 0.3) is 0 Å². The van der Waals surface area contributed by atoms with Gasteiger partial charge in [0, 0.05) is 5.75 Å². The number of nitrogens with zero attached hydrogens (tertiary/aromatic N) is 2. The van der Waals surface area contributed by atoms with Crippen LogP contribution in [-0.4, -0.2) is 33.9 Å². The van der Waals surface area contributed by atoms with Crippen molar-refractivity contribution in [1.82, 2.24) is 9.55 Å². The van der Waals surface area contributed by atoms with E-state index in [9.17, 15) is 14.0 Å². The molecule has 1 atom stereocenters. The molecule has 1 fully saturated rings. The van der Waals surface area contributed by atoms with E-state index in [1.54, 1.807) is 0 Å². The van der Waals surface area contributed by atoms with Crippen LogP contribution >= 0.6 is 11.8 Å². The summed E-state index contributed by atoms with van der Waals surface area (Å²) >= 11 is 1.50. The molecule has 0 unspecified atom stereocenters. The molecule has 0 aliphatic carbocycles. The summed E-state index contributed by atoms with van der Waals surface area (Å²) < 4.78 is 25.2. The number of unbranched alkanes of at least 4 members (excludes halogenated alkanes) is 2. The first-order valence-electron chi connectivity index (χ1n) is 7.03. The summed E-state index contributed by atoms with van der Waals surface area (Å²) in [7, 11) is 0. The van der Waals surface area contributed by atoms with Gasteiger partial charge < -0.3 is 9.47 Å². The Morgan fingerprint density at radius 1 is 1.64 bits per heavy atom. The molecule has 1 aliphatic rings. The van der Waals surface area contributed by atoms with E-state index in [2.05, 4.69) is 10.3 Å². The van der Waals surface area contributed by atoms with Gasteiger partial charge in [-0.2, -0.15) is 4.98 Å². The monoisotopic (exact) mass is 331 g/mol. The first-order valence-corrected chi connectivity index (χ1v) is 8.19. The molecule has 1 N–H and O–H groups in total. The molecule has 0 bridgehead atoms. The lowest BCUT2D eigenvalue weighted by Crippen LogP contribution is -2.30. The van der Waals surface area contributed by atoms with Crippen LogP contribution in [0.5, 0.6) is 0 Å². The standard InChI is InChI=1S/C13H18FN3O4S/c1-2-3-4-5-20-13(19)16-11-9(14)6-17(12(18)15-11)10-7-22-8-21-10/h6,10H,2-5,7-8H2,1H3,(H,15,16,18,19)/t10-/m0/s1. The number of amides is 1. The Morgan fingerprint density at radius 3 is 3.14 bits per heavy atom. The topological polar surface area (TPSA) is 82.5 Å². The number of aromatic nitrogens is 2. The van der Waals surface area contributed by atoms with Gasteiger partial charge in [0.1, 0.15) is 6.23 Å². The molecule has 1 aromatic heterocycles. The normalized spacial score (nSPS) is 17.5. The average molecular weight is 331 g/mol. The van der Waals surface area contributed by atoms with E-state index in [0.29, 0.717) is 11.7 Å². The fraction of sp³-hybridized carbons (Fsp3) is 0.615. The van der Waals surface area contributed by atoms with Crippen molar-refractivity contribution >= 4 is 23.7 Å². The zero-order chi connectivity index (χ0) is 15.9. The van der Waals surface area contributed by atoms with Crippen LogP contribution in [-0.2, 0) is 9.47 Å². The number of carbonyl (C=O) groups excluding carboxylic acids is 1. The molecule has 0 aromatic carbocycles. The summed E-state index contributed by atoms with van der Waals surface area (Å²) in [6.07, 6.45) is 2.30. The molecular formula is C13H18FN3O4S. The quantitative estimate of drug-likeness (QED) is 0.806. The molecule has 22 heavy (non-hydrogen) atoms. The van der Waals surface area contributed by atoms with E-state index in [0.717, 1.165) is 30.0 Å². The van der Waals surface area contributed by atoms with E-state index < -0.39 is 29.6 Å². The van der Waals surface area contributed by atoms with Gasteiger partial charge in [-0.15, -0.1) is 11.8 Å². The Morgan fingerprint density at radius 2 is 2.45 bits per heavy atom. The Balaban J connectivity index is 1.98. The molecule has 1 aromatic rings. The van der Waals surface area contributed by atoms with Gasteiger partial charge in [-0.3, -0.25) is 9.88 Å². The van der Waals surface area contributed by atoms with Crippen molar-refractivity contribution in [2.24, 2.45) is 0 Å². The van der Waals surface area contributed by atoms with Gasteiger partial charge >= 0.3 is 11.8 Å². The Bertz CT molecular complexity index is 575. The number of carbonyl (C=O) groups is 1. The van der Waals surface area contributed by atoms with Gasteiger partial charge in [0.2, 0.25) is 0 Å². The second-order valence-corrected chi connectivity index (χ2v) is 5.68. The van der Waals surface area contributed by atoms with E-state index in [4.69, 9.17) is 9.47 Å².